The molecule has 1 N–H and O–H groups in total. The van der Waals surface area contributed by atoms with Crippen molar-refractivity contribution < 1.29 is 36.1 Å². The van der Waals surface area contributed by atoms with Crippen molar-refractivity contribution in [3.63, 3.8) is 0 Å². The minimum Gasteiger partial charge on any atom is -1.00 e. The van der Waals surface area contributed by atoms with Crippen LogP contribution in [0, 0.1) is 5.92 Å². The molecule has 0 rings (SSSR count). The Hall–Kier alpha value is 0.960. The second-order valence-corrected chi connectivity index (χ2v) is 5.94. The molecule has 0 amide bonds. The average Bonchev–Trinajstić information content (AvgIpc) is 2.38. The van der Waals surface area contributed by atoms with Gasteiger partial charge < -0.3 is 6.53 Å². The molecule has 0 saturated carbocycles. The topological polar surface area (TPSA) is 20.2 Å². The standard InChI is InChI=1S/C17H36O.Na.H/c1-3-4-5-11-14-17(2)15-12-9-7-6-8-10-13-16-18;;/h17-18H,3-16H2,1-2H3;;/q;+1;-1. The molecule has 112 valence electrons. The Balaban J connectivity index is -0.00000144. The molecule has 0 aromatic rings. The van der Waals surface area contributed by atoms with Gasteiger partial charge >= 0.3 is 29.6 Å². The molecule has 1 atom stereocenters. The van der Waals surface area contributed by atoms with E-state index in [0.29, 0.717) is 6.61 Å². The van der Waals surface area contributed by atoms with Gasteiger partial charge in [0.05, 0.1) is 0 Å². The van der Waals surface area contributed by atoms with Crippen LogP contribution in [0.1, 0.15) is 98.7 Å². The summed E-state index contributed by atoms with van der Waals surface area (Å²) in [4.78, 5) is 0. The van der Waals surface area contributed by atoms with Crippen LogP contribution >= 0.6 is 0 Å². The van der Waals surface area contributed by atoms with E-state index in [2.05, 4.69) is 13.8 Å². The zero-order valence-corrected chi connectivity index (χ0v) is 15.9. The fourth-order valence-corrected chi connectivity index (χ4v) is 2.55. The van der Waals surface area contributed by atoms with Crippen LogP contribution in [0.4, 0.5) is 0 Å². The van der Waals surface area contributed by atoms with Gasteiger partial charge in [0.2, 0.25) is 0 Å². The van der Waals surface area contributed by atoms with E-state index in [1.54, 1.807) is 0 Å². The summed E-state index contributed by atoms with van der Waals surface area (Å²) in [6, 6.07) is 0. The predicted molar refractivity (Wildman–Crippen MR) is 83.1 cm³/mol. The Morgan fingerprint density at radius 2 is 1.16 bits per heavy atom. The average molecular weight is 280 g/mol. The van der Waals surface area contributed by atoms with Crippen LogP contribution in [-0.4, -0.2) is 11.7 Å². The van der Waals surface area contributed by atoms with Gasteiger partial charge in [-0.1, -0.05) is 90.9 Å². The summed E-state index contributed by atoms with van der Waals surface area (Å²) in [6.07, 6.45) is 17.6. The second kappa shape index (κ2) is 19.0. The number of hydrogen-bond acceptors (Lipinski definition) is 1. The zero-order chi connectivity index (χ0) is 13.5. The third-order valence-electron chi connectivity index (χ3n) is 3.91. The first-order valence-corrected chi connectivity index (χ1v) is 8.42. The van der Waals surface area contributed by atoms with Gasteiger partial charge in [-0.3, -0.25) is 0 Å². The molecule has 2 heteroatoms. The van der Waals surface area contributed by atoms with Gasteiger partial charge in [0.25, 0.3) is 0 Å². The van der Waals surface area contributed by atoms with Crippen molar-refractivity contribution in [3.05, 3.63) is 0 Å². The molecule has 0 saturated heterocycles. The van der Waals surface area contributed by atoms with Crippen molar-refractivity contribution in [2.75, 3.05) is 6.61 Å². The second-order valence-electron chi connectivity index (χ2n) is 5.94. The van der Waals surface area contributed by atoms with Gasteiger partial charge in [-0.15, -0.1) is 0 Å². The zero-order valence-electron chi connectivity index (χ0n) is 14.9. The molecule has 0 fully saturated rings. The van der Waals surface area contributed by atoms with Crippen molar-refractivity contribution >= 4 is 0 Å². The summed E-state index contributed by atoms with van der Waals surface area (Å²) in [5, 5.41) is 8.67. The van der Waals surface area contributed by atoms with Crippen molar-refractivity contribution in [3.8, 4) is 0 Å². The van der Waals surface area contributed by atoms with E-state index in [9.17, 15) is 0 Å². The Kier molecular flexibility index (Phi) is 22.2. The molecule has 0 aliphatic rings. The molecule has 0 bridgehead atoms. The molecule has 1 unspecified atom stereocenters. The first kappa shape index (κ1) is 22.2. The Morgan fingerprint density at radius 1 is 0.737 bits per heavy atom. The maximum absolute atomic E-state index is 8.67. The third kappa shape index (κ3) is 19.0. The first-order valence-electron chi connectivity index (χ1n) is 8.42. The van der Waals surface area contributed by atoms with Crippen LogP contribution in [0.3, 0.4) is 0 Å². The van der Waals surface area contributed by atoms with E-state index in [0.717, 1.165) is 12.3 Å². The molecule has 0 heterocycles. The SMILES string of the molecule is CCCCCCC(C)CCCCCCCCCO.[H-].[Na+]. The van der Waals surface area contributed by atoms with E-state index in [1.807, 2.05) is 0 Å². The van der Waals surface area contributed by atoms with Gasteiger partial charge in [-0.05, 0) is 12.3 Å². The molecule has 0 aliphatic heterocycles. The maximum Gasteiger partial charge on any atom is 1.00 e. The van der Waals surface area contributed by atoms with Crippen LogP contribution in [0.15, 0.2) is 0 Å². The monoisotopic (exact) mass is 280 g/mol. The normalized spacial score (nSPS) is 12.2. The smallest absolute Gasteiger partial charge is 1.00 e. The van der Waals surface area contributed by atoms with Gasteiger partial charge in [0.1, 0.15) is 0 Å². The van der Waals surface area contributed by atoms with Gasteiger partial charge in [-0.2, -0.15) is 0 Å². The third-order valence-corrected chi connectivity index (χ3v) is 3.91. The first-order chi connectivity index (χ1) is 8.81. The van der Waals surface area contributed by atoms with Gasteiger partial charge in [-0.25, -0.2) is 0 Å². The number of aliphatic hydroxyl groups is 1. The van der Waals surface area contributed by atoms with E-state index in [1.165, 1.54) is 77.0 Å². The van der Waals surface area contributed by atoms with E-state index in [4.69, 9.17) is 5.11 Å². The Morgan fingerprint density at radius 3 is 1.63 bits per heavy atom. The van der Waals surface area contributed by atoms with Crippen LogP contribution < -0.4 is 29.6 Å². The summed E-state index contributed by atoms with van der Waals surface area (Å²) in [5.41, 5.74) is 0. The van der Waals surface area contributed by atoms with Crippen LogP contribution in [0.2, 0.25) is 0 Å². The number of unbranched alkanes of at least 4 members (excludes halogenated alkanes) is 9. The molecule has 0 spiro atoms. The summed E-state index contributed by atoms with van der Waals surface area (Å²) in [7, 11) is 0. The molecular weight excluding hydrogens is 243 g/mol. The van der Waals surface area contributed by atoms with Crippen molar-refractivity contribution in [2.45, 2.75) is 97.3 Å². The predicted octanol–water partition coefficient (Wildman–Crippen LogP) is 2.82. The number of hydrogen-bond donors (Lipinski definition) is 1. The van der Waals surface area contributed by atoms with Crippen LogP contribution in [-0.2, 0) is 0 Å². The van der Waals surface area contributed by atoms with Crippen LogP contribution in [0.5, 0.6) is 0 Å². The molecule has 0 radical (unpaired) electrons. The summed E-state index contributed by atoms with van der Waals surface area (Å²) in [6.45, 7) is 5.08. The quantitative estimate of drug-likeness (QED) is 0.383. The van der Waals surface area contributed by atoms with Crippen LogP contribution in [0.25, 0.3) is 0 Å². The van der Waals surface area contributed by atoms with Crippen molar-refractivity contribution in [2.24, 2.45) is 5.92 Å². The molecule has 0 aromatic heterocycles. The number of rotatable bonds is 14. The van der Waals surface area contributed by atoms with Crippen molar-refractivity contribution in [1.82, 2.24) is 0 Å². The largest absolute Gasteiger partial charge is 1.00 e. The molecule has 0 aromatic carbocycles. The fraction of sp³-hybridized carbons (Fsp3) is 1.00. The van der Waals surface area contributed by atoms with E-state index in [-0.39, 0.29) is 31.0 Å². The maximum atomic E-state index is 8.67. The fourth-order valence-electron chi connectivity index (χ4n) is 2.55. The molecule has 0 aliphatic carbocycles. The molecule has 19 heavy (non-hydrogen) atoms. The van der Waals surface area contributed by atoms with E-state index >= 15 is 0 Å². The number of aliphatic hydroxyl groups excluding tert-OH is 1. The summed E-state index contributed by atoms with van der Waals surface area (Å²) >= 11 is 0. The minimum atomic E-state index is 0. The summed E-state index contributed by atoms with van der Waals surface area (Å²) in [5.74, 6) is 0.941. The Labute approximate surface area is 145 Å². The Bertz CT molecular complexity index is 156. The molecular formula is C17H37NaO. The van der Waals surface area contributed by atoms with Crippen molar-refractivity contribution in [1.29, 1.82) is 0 Å². The molecule has 1 nitrogen and oxygen atoms in total. The van der Waals surface area contributed by atoms with Gasteiger partial charge in [0.15, 0.2) is 0 Å². The van der Waals surface area contributed by atoms with Gasteiger partial charge in [0, 0.05) is 6.61 Å². The minimum absolute atomic E-state index is 0. The van der Waals surface area contributed by atoms with E-state index < -0.39 is 0 Å². The summed E-state index contributed by atoms with van der Waals surface area (Å²) < 4.78 is 0.